The molecular formula is C24H31N5O3. The summed E-state index contributed by atoms with van der Waals surface area (Å²) in [7, 11) is 1.84. The Morgan fingerprint density at radius 2 is 1.75 bits per heavy atom. The van der Waals surface area contributed by atoms with Gasteiger partial charge in [-0.15, -0.1) is 0 Å². The number of fused-ring (bicyclic) bond motifs is 1. The number of rotatable bonds is 4. The molecular weight excluding hydrogens is 406 g/mol. The van der Waals surface area contributed by atoms with Crippen LogP contribution >= 0.6 is 0 Å². The lowest BCUT2D eigenvalue weighted by Gasteiger charge is -2.37. The molecule has 0 radical (unpaired) electrons. The first-order valence-electron chi connectivity index (χ1n) is 11.1. The molecule has 0 aliphatic carbocycles. The van der Waals surface area contributed by atoms with Crippen LogP contribution < -0.4 is 4.90 Å². The fourth-order valence-corrected chi connectivity index (χ4v) is 4.35. The van der Waals surface area contributed by atoms with Gasteiger partial charge in [0, 0.05) is 50.9 Å². The van der Waals surface area contributed by atoms with Crippen molar-refractivity contribution in [2.75, 3.05) is 31.1 Å². The summed E-state index contributed by atoms with van der Waals surface area (Å²) in [6.07, 6.45) is 2.22. The molecule has 0 spiro atoms. The molecule has 1 saturated heterocycles. The summed E-state index contributed by atoms with van der Waals surface area (Å²) in [6.45, 7) is 10.8. The molecule has 0 atom stereocenters. The Morgan fingerprint density at radius 1 is 1.06 bits per heavy atom. The Kier molecular flexibility index (Phi) is 5.56. The Hall–Kier alpha value is -3.16. The summed E-state index contributed by atoms with van der Waals surface area (Å²) in [5.74, 6) is -0.371. The number of imide groups is 1. The largest absolute Gasteiger partial charge is 0.367 e. The number of amides is 3. The lowest BCUT2D eigenvalue weighted by atomic mass is 9.91. The first kappa shape index (κ1) is 22.0. The molecule has 2 aliphatic rings. The first-order chi connectivity index (χ1) is 15.1. The summed E-state index contributed by atoms with van der Waals surface area (Å²) in [4.78, 5) is 44.3. The third-order valence-corrected chi connectivity index (χ3v) is 6.30. The van der Waals surface area contributed by atoms with E-state index in [1.807, 2.05) is 31.0 Å². The molecule has 32 heavy (non-hydrogen) atoms. The molecule has 3 amide bonds. The number of benzene rings is 1. The summed E-state index contributed by atoms with van der Waals surface area (Å²) in [5, 5.41) is 4.22. The lowest BCUT2D eigenvalue weighted by Crippen LogP contribution is -2.49. The Balaban J connectivity index is 1.51. The van der Waals surface area contributed by atoms with Crippen LogP contribution in [-0.2, 0) is 18.4 Å². The number of anilines is 1. The SMILES string of the molecule is Cc1c(CN2C(=O)c3cccc(N4CCN(C(=O)CC(C)(C)C)CC4)c3C2=O)cnn1C. The monoisotopic (exact) mass is 437 g/mol. The Bertz CT molecular complexity index is 1070. The summed E-state index contributed by atoms with van der Waals surface area (Å²) in [5.41, 5.74) is 3.42. The Morgan fingerprint density at radius 3 is 2.34 bits per heavy atom. The smallest absolute Gasteiger partial charge is 0.263 e. The highest BCUT2D eigenvalue weighted by Crippen LogP contribution is 2.33. The highest BCUT2D eigenvalue weighted by atomic mass is 16.2. The van der Waals surface area contributed by atoms with Crippen molar-refractivity contribution in [3.05, 3.63) is 46.8 Å². The van der Waals surface area contributed by atoms with Crippen molar-refractivity contribution < 1.29 is 14.4 Å². The summed E-state index contributed by atoms with van der Waals surface area (Å²) >= 11 is 0. The molecule has 0 N–H and O–H groups in total. The summed E-state index contributed by atoms with van der Waals surface area (Å²) < 4.78 is 1.74. The molecule has 2 aromatic rings. The maximum Gasteiger partial charge on any atom is 0.263 e. The second-order valence-electron chi connectivity index (χ2n) is 9.88. The molecule has 170 valence electrons. The van der Waals surface area contributed by atoms with Crippen LogP contribution in [0.1, 0.15) is 59.2 Å². The van der Waals surface area contributed by atoms with Gasteiger partial charge in [-0.3, -0.25) is 24.0 Å². The third kappa shape index (κ3) is 4.01. The Labute approximate surface area is 188 Å². The van der Waals surface area contributed by atoms with Crippen molar-refractivity contribution in [2.45, 2.75) is 40.7 Å². The van der Waals surface area contributed by atoms with Crippen molar-refractivity contribution in [2.24, 2.45) is 12.5 Å². The molecule has 0 saturated carbocycles. The number of hydrogen-bond donors (Lipinski definition) is 0. The predicted octanol–water partition coefficient (Wildman–Crippen LogP) is 2.61. The zero-order chi connectivity index (χ0) is 23.2. The van der Waals surface area contributed by atoms with Gasteiger partial charge in [0.2, 0.25) is 5.91 Å². The van der Waals surface area contributed by atoms with Crippen molar-refractivity contribution in [3.63, 3.8) is 0 Å². The van der Waals surface area contributed by atoms with Crippen LogP contribution in [0.15, 0.2) is 24.4 Å². The normalized spacial score (nSPS) is 16.7. The molecule has 4 rings (SSSR count). The van der Waals surface area contributed by atoms with Gasteiger partial charge in [-0.2, -0.15) is 5.10 Å². The van der Waals surface area contributed by atoms with Crippen LogP contribution in [0.5, 0.6) is 0 Å². The maximum atomic E-state index is 13.3. The highest BCUT2D eigenvalue weighted by molar-refractivity contribution is 6.23. The molecule has 8 nitrogen and oxygen atoms in total. The fourth-order valence-electron chi connectivity index (χ4n) is 4.35. The number of aromatic nitrogens is 2. The van der Waals surface area contributed by atoms with E-state index in [0.29, 0.717) is 43.7 Å². The van der Waals surface area contributed by atoms with Crippen LogP contribution in [0, 0.1) is 12.3 Å². The molecule has 8 heteroatoms. The van der Waals surface area contributed by atoms with E-state index in [1.54, 1.807) is 16.9 Å². The van der Waals surface area contributed by atoms with E-state index in [-0.39, 0.29) is 29.7 Å². The highest BCUT2D eigenvalue weighted by Gasteiger charge is 2.39. The standard InChI is InChI=1S/C24H31N5O3/c1-16-17(14-25-26(16)5)15-29-22(31)18-7-6-8-19(21(18)23(29)32)27-9-11-28(12-10-27)20(30)13-24(2,3)4/h6-8,14H,9-13,15H2,1-5H3. The topological polar surface area (TPSA) is 78.8 Å². The van der Waals surface area contributed by atoms with Gasteiger partial charge in [0.1, 0.15) is 0 Å². The number of aryl methyl sites for hydroxylation is 1. The van der Waals surface area contributed by atoms with Crippen molar-refractivity contribution in [3.8, 4) is 0 Å². The minimum Gasteiger partial charge on any atom is -0.367 e. The summed E-state index contributed by atoms with van der Waals surface area (Å²) in [6, 6.07) is 5.45. The predicted molar refractivity (Wildman–Crippen MR) is 121 cm³/mol. The van der Waals surface area contributed by atoms with Crippen molar-refractivity contribution >= 4 is 23.4 Å². The second-order valence-corrected chi connectivity index (χ2v) is 9.88. The quantitative estimate of drug-likeness (QED) is 0.687. The zero-order valence-electron chi connectivity index (χ0n) is 19.5. The van der Waals surface area contributed by atoms with Gasteiger partial charge >= 0.3 is 0 Å². The van der Waals surface area contributed by atoms with E-state index in [1.165, 1.54) is 4.90 Å². The average Bonchev–Trinajstić information content (AvgIpc) is 3.19. The number of nitrogens with zero attached hydrogens (tertiary/aromatic N) is 5. The fraction of sp³-hybridized carbons (Fsp3) is 0.500. The van der Waals surface area contributed by atoms with Crippen molar-refractivity contribution in [1.29, 1.82) is 0 Å². The molecule has 3 heterocycles. The van der Waals surface area contributed by atoms with E-state index in [0.717, 1.165) is 16.9 Å². The number of hydrogen-bond acceptors (Lipinski definition) is 5. The van der Waals surface area contributed by atoms with Gasteiger partial charge in [-0.25, -0.2) is 0 Å². The van der Waals surface area contributed by atoms with E-state index < -0.39 is 0 Å². The van der Waals surface area contributed by atoms with Crippen LogP contribution in [0.2, 0.25) is 0 Å². The number of piperazine rings is 1. The van der Waals surface area contributed by atoms with Gasteiger partial charge in [-0.1, -0.05) is 26.8 Å². The van der Waals surface area contributed by atoms with E-state index >= 15 is 0 Å². The van der Waals surface area contributed by atoms with Gasteiger partial charge < -0.3 is 9.80 Å². The number of carbonyl (C=O) groups excluding carboxylic acids is 3. The zero-order valence-corrected chi connectivity index (χ0v) is 19.5. The van der Waals surface area contributed by atoms with Crippen LogP contribution in [0.3, 0.4) is 0 Å². The van der Waals surface area contributed by atoms with Crippen LogP contribution in [0.4, 0.5) is 5.69 Å². The minimum atomic E-state index is -0.269. The van der Waals surface area contributed by atoms with Crippen molar-refractivity contribution in [1.82, 2.24) is 19.6 Å². The van der Waals surface area contributed by atoms with Gasteiger partial charge in [0.25, 0.3) is 11.8 Å². The molecule has 2 aliphatic heterocycles. The molecule has 1 aromatic heterocycles. The second kappa shape index (κ2) is 8.07. The average molecular weight is 438 g/mol. The van der Waals surface area contributed by atoms with Gasteiger partial charge in [-0.05, 0) is 24.5 Å². The van der Waals surface area contributed by atoms with Gasteiger partial charge in [0.05, 0.1) is 29.6 Å². The third-order valence-electron chi connectivity index (χ3n) is 6.30. The van der Waals surface area contributed by atoms with E-state index in [2.05, 4.69) is 30.8 Å². The molecule has 1 aromatic carbocycles. The number of carbonyl (C=O) groups is 3. The molecule has 1 fully saturated rings. The van der Waals surface area contributed by atoms with Gasteiger partial charge in [0.15, 0.2) is 0 Å². The maximum absolute atomic E-state index is 13.3. The minimum absolute atomic E-state index is 0.0443. The molecule has 0 bridgehead atoms. The first-order valence-corrected chi connectivity index (χ1v) is 11.1. The van der Waals surface area contributed by atoms with Crippen LogP contribution in [-0.4, -0.2) is 63.5 Å². The molecule has 0 unspecified atom stereocenters. The van der Waals surface area contributed by atoms with E-state index in [9.17, 15) is 14.4 Å². The lowest BCUT2D eigenvalue weighted by molar-refractivity contribution is -0.133. The van der Waals surface area contributed by atoms with Crippen LogP contribution in [0.25, 0.3) is 0 Å². The van der Waals surface area contributed by atoms with E-state index in [4.69, 9.17) is 0 Å².